The summed E-state index contributed by atoms with van der Waals surface area (Å²) in [5, 5.41) is 16.7. The van der Waals surface area contributed by atoms with Crippen LogP contribution in [0.2, 0.25) is 0 Å². The molecule has 3 N–H and O–H groups in total. The summed E-state index contributed by atoms with van der Waals surface area (Å²) in [6.07, 6.45) is 2.05. The zero-order valence-corrected chi connectivity index (χ0v) is 8.79. The second kappa shape index (κ2) is 3.90. The third-order valence-electron chi connectivity index (χ3n) is 2.45. The van der Waals surface area contributed by atoms with E-state index in [1.54, 1.807) is 0 Å². The molecule has 0 unspecified atom stereocenters. The van der Waals surface area contributed by atoms with Gasteiger partial charge in [0.1, 0.15) is 6.04 Å². The van der Waals surface area contributed by atoms with Crippen LogP contribution >= 0.6 is 0 Å². The van der Waals surface area contributed by atoms with Crippen LogP contribution in [0.3, 0.4) is 0 Å². The quantitative estimate of drug-likeness (QED) is 0.751. The monoisotopic (exact) mass is 220 g/mol. The highest BCUT2D eigenvalue weighted by atomic mass is 16.4. The van der Waals surface area contributed by atoms with Crippen LogP contribution in [0.25, 0.3) is 11.4 Å². The number of carboxylic acids is 1. The number of aryl methyl sites for hydroxylation is 1. The molecule has 0 aromatic heterocycles. The number of aromatic nitrogens is 3. The van der Waals surface area contributed by atoms with Gasteiger partial charge in [0, 0.05) is 25.2 Å². The van der Waals surface area contributed by atoms with E-state index in [9.17, 15) is 4.79 Å². The lowest BCUT2D eigenvalue weighted by Crippen LogP contribution is -2.32. The molecule has 2 rings (SSSR count). The summed E-state index contributed by atoms with van der Waals surface area (Å²) in [5.74, 6) is -0.299. The second-order valence-corrected chi connectivity index (χ2v) is 3.65. The molecule has 6 nitrogen and oxygen atoms in total. The zero-order valence-electron chi connectivity index (χ0n) is 8.79. The zero-order chi connectivity index (χ0) is 11.7. The maximum atomic E-state index is 10.7. The Balaban J connectivity index is 2.32. The summed E-state index contributed by atoms with van der Waals surface area (Å²) in [4.78, 5) is 10.7. The van der Waals surface area contributed by atoms with Gasteiger partial charge in [0.05, 0.1) is 5.69 Å². The Kier molecular flexibility index (Phi) is 2.57. The van der Waals surface area contributed by atoms with Crippen molar-refractivity contribution in [3.05, 3.63) is 24.0 Å². The molecule has 1 atom stereocenters. The minimum absolute atomic E-state index is 0.190. The van der Waals surface area contributed by atoms with Gasteiger partial charge >= 0.3 is 5.97 Å². The Bertz CT molecular complexity index is 494. The standard InChI is InChI=1S/C10H12N4O2/c1-14-4-2-3-6-8(12-13-9(6)14)5-7(11)10(15)16/h2-4,7H,5,11H2,1H3,(H,15,16)/t7-/m0/s1. The van der Waals surface area contributed by atoms with E-state index in [2.05, 4.69) is 10.2 Å². The third kappa shape index (κ3) is 1.74. The molecule has 84 valence electrons. The normalized spacial score (nSPS) is 12.9. The number of pyridine rings is 1. The summed E-state index contributed by atoms with van der Waals surface area (Å²) < 4.78 is 1.83. The molecule has 6 heteroatoms. The molecule has 0 amide bonds. The van der Waals surface area contributed by atoms with Gasteiger partial charge in [0.2, 0.25) is 0 Å². The van der Waals surface area contributed by atoms with Gasteiger partial charge in [-0.2, -0.15) is 5.10 Å². The van der Waals surface area contributed by atoms with Gasteiger partial charge in [-0.05, 0) is 12.1 Å². The van der Waals surface area contributed by atoms with Crippen molar-refractivity contribution in [2.45, 2.75) is 12.5 Å². The fraction of sp³-hybridized carbons (Fsp3) is 0.300. The predicted molar refractivity (Wildman–Crippen MR) is 56.9 cm³/mol. The van der Waals surface area contributed by atoms with Crippen LogP contribution in [-0.4, -0.2) is 31.9 Å². The number of nitrogens with two attached hydrogens (primary N) is 1. The first kappa shape index (κ1) is 10.6. The first-order valence-electron chi connectivity index (χ1n) is 4.84. The van der Waals surface area contributed by atoms with E-state index < -0.39 is 12.0 Å². The Labute approximate surface area is 92.0 Å². The van der Waals surface area contributed by atoms with Gasteiger partial charge in [-0.3, -0.25) is 4.79 Å². The van der Waals surface area contributed by atoms with Gasteiger partial charge in [0.15, 0.2) is 5.82 Å². The van der Waals surface area contributed by atoms with E-state index in [-0.39, 0.29) is 6.42 Å². The minimum Gasteiger partial charge on any atom is -0.480 e. The first-order chi connectivity index (χ1) is 7.59. The molecular weight excluding hydrogens is 208 g/mol. The summed E-state index contributed by atoms with van der Waals surface area (Å²) >= 11 is 0. The number of carbonyl (C=O) groups is 1. The van der Waals surface area contributed by atoms with Crippen molar-refractivity contribution in [2.24, 2.45) is 12.8 Å². The molecule has 0 fully saturated rings. The third-order valence-corrected chi connectivity index (χ3v) is 2.45. The van der Waals surface area contributed by atoms with Crippen LogP contribution in [0.1, 0.15) is 5.69 Å². The number of hydrogen-bond donors (Lipinski definition) is 2. The maximum Gasteiger partial charge on any atom is 0.320 e. The molecule has 0 saturated heterocycles. The van der Waals surface area contributed by atoms with Crippen molar-refractivity contribution < 1.29 is 9.90 Å². The highest BCUT2D eigenvalue weighted by molar-refractivity contribution is 5.74. The lowest BCUT2D eigenvalue weighted by atomic mass is 10.1. The van der Waals surface area contributed by atoms with E-state index in [0.717, 1.165) is 11.4 Å². The molecule has 2 aliphatic heterocycles. The molecule has 0 radical (unpaired) electrons. The van der Waals surface area contributed by atoms with Gasteiger partial charge < -0.3 is 15.4 Å². The molecule has 2 heterocycles. The highest BCUT2D eigenvalue weighted by Gasteiger charge is 2.20. The summed E-state index contributed by atoms with van der Waals surface area (Å²) in [7, 11) is 1.86. The highest BCUT2D eigenvalue weighted by Crippen LogP contribution is 2.22. The number of carboxylic acid groups (broad SMARTS) is 1. The number of rotatable bonds is 3. The first-order valence-corrected chi connectivity index (χ1v) is 4.84. The lowest BCUT2D eigenvalue weighted by molar-refractivity contribution is -0.138. The molecule has 2 aliphatic rings. The Morgan fingerprint density at radius 2 is 2.38 bits per heavy atom. The van der Waals surface area contributed by atoms with Gasteiger partial charge in [-0.25, -0.2) is 0 Å². The van der Waals surface area contributed by atoms with Crippen LogP contribution in [0.5, 0.6) is 0 Å². The summed E-state index contributed by atoms with van der Waals surface area (Å²) in [6.45, 7) is 0. The number of nitrogens with zero attached hydrogens (tertiary/aromatic N) is 3. The van der Waals surface area contributed by atoms with Gasteiger partial charge in [-0.15, -0.1) is 5.10 Å². The minimum atomic E-state index is -1.03. The topological polar surface area (TPSA) is 94.0 Å². The number of hydrogen-bond acceptors (Lipinski definition) is 4. The molecule has 0 saturated carbocycles. The molecule has 0 bridgehead atoms. The van der Waals surface area contributed by atoms with Gasteiger partial charge in [-0.1, -0.05) is 0 Å². The van der Waals surface area contributed by atoms with E-state index in [1.165, 1.54) is 0 Å². The Morgan fingerprint density at radius 3 is 3.06 bits per heavy atom. The van der Waals surface area contributed by atoms with Crippen LogP contribution in [0.15, 0.2) is 18.3 Å². The molecule has 0 aromatic carbocycles. The summed E-state index contributed by atoms with van der Waals surface area (Å²) in [5.41, 5.74) is 6.94. The molecule has 0 aromatic rings. The smallest absolute Gasteiger partial charge is 0.320 e. The number of fused-ring (bicyclic) bond motifs is 1. The van der Waals surface area contributed by atoms with Crippen molar-refractivity contribution >= 4 is 5.97 Å². The average Bonchev–Trinajstić information content (AvgIpc) is 2.63. The fourth-order valence-electron chi connectivity index (χ4n) is 1.56. The van der Waals surface area contributed by atoms with Crippen molar-refractivity contribution in [1.29, 1.82) is 0 Å². The van der Waals surface area contributed by atoms with Crippen LogP contribution < -0.4 is 5.73 Å². The molecular formula is C10H12N4O2. The SMILES string of the molecule is Cn1cccc2c(C[C@H](N)C(=O)O)nnc1-2. The van der Waals surface area contributed by atoms with E-state index in [1.807, 2.05) is 29.9 Å². The molecule has 0 spiro atoms. The lowest BCUT2D eigenvalue weighted by Gasteiger charge is -2.07. The van der Waals surface area contributed by atoms with Crippen molar-refractivity contribution in [3.63, 3.8) is 0 Å². The number of aliphatic carboxylic acids is 1. The Morgan fingerprint density at radius 1 is 1.62 bits per heavy atom. The largest absolute Gasteiger partial charge is 0.480 e. The maximum absolute atomic E-state index is 10.7. The summed E-state index contributed by atoms with van der Waals surface area (Å²) in [6, 6.07) is 2.78. The van der Waals surface area contributed by atoms with E-state index in [0.29, 0.717) is 5.69 Å². The van der Waals surface area contributed by atoms with Crippen LogP contribution in [0, 0.1) is 0 Å². The van der Waals surface area contributed by atoms with Crippen LogP contribution in [0.4, 0.5) is 0 Å². The second-order valence-electron chi connectivity index (χ2n) is 3.65. The van der Waals surface area contributed by atoms with Crippen LogP contribution in [-0.2, 0) is 18.3 Å². The predicted octanol–water partition coefficient (Wildman–Crippen LogP) is -0.126. The van der Waals surface area contributed by atoms with E-state index in [4.69, 9.17) is 10.8 Å². The van der Waals surface area contributed by atoms with E-state index >= 15 is 0 Å². The molecule has 0 aliphatic carbocycles. The average molecular weight is 220 g/mol. The fourth-order valence-corrected chi connectivity index (χ4v) is 1.56. The van der Waals surface area contributed by atoms with Crippen molar-refractivity contribution in [1.82, 2.24) is 14.8 Å². The van der Waals surface area contributed by atoms with Crippen molar-refractivity contribution in [3.8, 4) is 11.4 Å². The van der Waals surface area contributed by atoms with Gasteiger partial charge in [0.25, 0.3) is 0 Å². The Hall–Kier alpha value is -1.95. The van der Waals surface area contributed by atoms with Crippen molar-refractivity contribution in [2.75, 3.05) is 0 Å². The molecule has 16 heavy (non-hydrogen) atoms.